The van der Waals surface area contributed by atoms with Gasteiger partial charge in [0.1, 0.15) is 13.2 Å². The molecule has 0 aromatic heterocycles. The summed E-state index contributed by atoms with van der Waals surface area (Å²) in [5.41, 5.74) is -2.32. The van der Waals surface area contributed by atoms with Crippen molar-refractivity contribution < 1.29 is 29.3 Å². The van der Waals surface area contributed by atoms with Crippen LogP contribution in [0.4, 0.5) is 0 Å². The second-order valence-electron chi connectivity index (χ2n) is 11.4. The Hall–Kier alpha value is -1.83. The highest BCUT2D eigenvalue weighted by atomic mass is 35.5. The Morgan fingerprint density at radius 3 is 2.54 bits per heavy atom. The summed E-state index contributed by atoms with van der Waals surface area (Å²) in [5.74, 6) is -1.54. The van der Waals surface area contributed by atoms with E-state index in [0.717, 1.165) is 5.57 Å². The van der Waals surface area contributed by atoms with Crippen molar-refractivity contribution in [2.24, 2.45) is 22.7 Å². The van der Waals surface area contributed by atoms with E-state index in [9.17, 15) is 24.6 Å². The molecule has 0 heterocycles. The van der Waals surface area contributed by atoms with Crippen LogP contribution in [0.15, 0.2) is 54.1 Å². The molecule has 0 aliphatic heterocycles. The fourth-order valence-electron chi connectivity index (χ4n) is 7.83. The number of allylic oxidation sites excluding steroid dienone is 4. The van der Waals surface area contributed by atoms with E-state index in [1.54, 1.807) is 30.3 Å². The Morgan fingerprint density at radius 1 is 1.16 bits per heavy atom. The normalized spacial score (nSPS) is 42.4. The number of halogens is 2. The maximum absolute atomic E-state index is 13.2. The Kier molecular flexibility index (Phi) is 6.60. The quantitative estimate of drug-likeness (QED) is 0.412. The third-order valence-electron chi connectivity index (χ3n) is 9.87. The molecule has 3 fully saturated rings. The van der Waals surface area contributed by atoms with Gasteiger partial charge in [0.25, 0.3) is 0 Å². The molecule has 1 aromatic rings. The minimum Gasteiger partial charge on any atom is -0.388 e. The van der Waals surface area contributed by atoms with Crippen molar-refractivity contribution in [3.63, 3.8) is 0 Å². The summed E-state index contributed by atoms with van der Waals surface area (Å²) < 4.78 is 6.02. The Balaban J connectivity index is 1.51. The molecule has 6 nitrogen and oxygen atoms in total. The highest BCUT2D eigenvalue weighted by Gasteiger charge is 2.75. The predicted octanol–water partition coefficient (Wildman–Crippen LogP) is 4.04. The number of benzene rings is 1. The van der Waals surface area contributed by atoms with Gasteiger partial charge in [-0.3, -0.25) is 14.4 Å². The van der Waals surface area contributed by atoms with Crippen LogP contribution in [-0.2, 0) is 14.3 Å². The number of fused-ring (bicyclic) bond motifs is 5. The third kappa shape index (κ3) is 3.60. The van der Waals surface area contributed by atoms with Gasteiger partial charge in [-0.1, -0.05) is 55.8 Å². The summed E-state index contributed by atoms with van der Waals surface area (Å²) in [6, 6.07) is 8.68. The van der Waals surface area contributed by atoms with Crippen LogP contribution in [0.25, 0.3) is 0 Å². The van der Waals surface area contributed by atoms with Gasteiger partial charge < -0.3 is 14.9 Å². The summed E-state index contributed by atoms with van der Waals surface area (Å²) in [6.45, 7) is 2.66. The molecule has 198 valence electrons. The second-order valence-corrected chi connectivity index (χ2v) is 12.5. The molecule has 0 amide bonds. The van der Waals surface area contributed by atoms with Crippen LogP contribution in [0.2, 0.25) is 0 Å². The van der Waals surface area contributed by atoms with Crippen molar-refractivity contribution >= 4 is 40.6 Å². The Bertz CT molecular complexity index is 1200. The lowest BCUT2D eigenvalue weighted by atomic mass is 9.46. The molecule has 1 aromatic carbocycles. The van der Waals surface area contributed by atoms with Gasteiger partial charge in [0, 0.05) is 16.4 Å². The lowest BCUT2D eigenvalue weighted by molar-refractivity contribution is -0.180. The lowest BCUT2D eigenvalue weighted by Crippen LogP contribution is -2.68. The Labute approximate surface area is 226 Å². The molecule has 3 saturated carbocycles. The number of aliphatic hydroxyl groups is 2. The number of carbonyl (C=O) groups excluding carboxylic acids is 3. The standard InChI is InChI=1S/C29H32Cl2O6/c1-26-11-10-19(33)12-18(26)8-9-20-21-13-25(37-16-22(34)17-6-4-3-5-7-17)29(36,24(35)15-32)27(21,2)14-23(30)28(20,26)31/h3-7,10-12,20-21,23,25,32,36H,8-9,13-16H2,1-2H3/t20-,21-,23-,25+,26-,27-,28-,29+/m0/s1. The van der Waals surface area contributed by atoms with Crippen LogP contribution in [-0.4, -0.2) is 62.7 Å². The van der Waals surface area contributed by atoms with E-state index in [4.69, 9.17) is 27.9 Å². The monoisotopic (exact) mass is 546 g/mol. The first-order valence-electron chi connectivity index (χ1n) is 12.8. The highest BCUT2D eigenvalue weighted by molar-refractivity contribution is 6.34. The zero-order chi connectivity index (χ0) is 26.8. The number of Topliss-reactive ketones (excluding diaryl/α,β-unsaturated/α-hetero) is 2. The van der Waals surface area contributed by atoms with Gasteiger partial charge in [-0.05, 0) is 49.7 Å². The lowest BCUT2D eigenvalue weighted by Gasteiger charge is -2.63. The summed E-state index contributed by atoms with van der Waals surface area (Å²) in [6.07, 6.45) is 5.81. The van der Waals surface area contributed by atoms with E-state index in [2.05, 4.69) is 0 Å². The van der Waals surface area contributed by atoms with Gasteiger partial charge in [0.05, 0.1) is 16.4 Å². The molecule has 8 atom stereocenters. The molecule has 0 unspecified atom stereocenters. The van der Waals surface area contributed by atoms with Gasteiger partial charge in [-0.25, -0.2) is 0 Å². The molecular formula is C29H32Cl2O6. The number of carbonyl (C=O) groups is 3. The van der Waals surface area contributed by atoms with Crippen LogP contribution in [0.3, 0.4) is 0 Å². The van der Waals surface area contributed by atoms with Gasteiger partial charge >= 0.3 is 0 Å². The van der Waals surface area contributed by atoms with Crippen molar-refractivity contribution in [2.45, 2.75) is 61.5 Å². The molecule has 0 spiro atoms. The molecular weight excluding hydrogens is 515 g/mol. The van der Waals surface area contributed by atoms with Gasteiger partial charge in [-0.2, -0.15) is 0 Å². The largest absolute Gasteiger partial charge is 0.388 e. The van der Waals surface area contributed by atoms with Gasteiger partial charge in [0.15, 0.2) is 23.0 Å². The fourth-order valence-corrected chi connectivity index (χ4v) is 9.06. The highest BCUT2D eigenvalue weighted by Crippen LogP contribution is 2.71. The number of ether oxygens (including phenoxy) is 1. The molecule has 5 rings (SSSR count). The maximum atomic E-state index is 13.2. The first-order chi connectivity index (χ1) is 17.4. The first kappa shape index (κ1) is 26.8. The summed E-state index contributed by atoms with van der Waals surface area (Å²) in [4.78, 5) is 37.1. The number of rotatable bonds is 6. The van der Waals surface area contributed by atoms with Crippen molar-refractivity contribution in [3.8, 4) is 0 Å². The zero-order valence-corrected chi connectivity index (χ0v) is 22.5. The number of ketones is 3. The van der Waals surface area contributed by atoms with Crippen LogP contribution in [0.5, 0.6) is 0 Å². The van der Waals surface area contributed by atoms with Crippen LogP contribution in [0, 0.1) is 22.7 Å². The second kappa shape index (κ2) is 9.13. The topological polar surface area (TPSA) is 101 Å². The summed E-state index contributed by atoms with van der Waals surface area (Å²) in [5, 5.41) is 21.3. The summed E-state index contributed by atoms with van der Waals surface area (Å²) >= 11 is 14.6. The smallest absolute Gasteiger partial charge is 0.192 e. The van der Waals surface area contributed by atoms with Crippen LogP contribution in [0.1, 0.15) is 49.9 Å². The van der Waals surface area contributed by atoms with Crippen molar-refractivity contribution in [1.82, 2.24) is 0 Å². The number of alkyl halides is 2. The van der Waals surface area contributed by atoms with Crippen LogP contribution >= 0.6 is 23.2 Å². The van der Waals surface area contributed by atoms with Crippen LogP contribution < -0.4 is 0 Å². The van der Waals surface area contributed by atoms with E-state index in [1.165, 1.54) is 6.08 Å². The van der Waals surface area contributed by atoms with E-state index in [1.807, 2.05) is 26.0 Å². The molecule has 0 radical (unpaired) electrons. The number of hydrogen-bond acceptors (Lipinski definition) is 6. The van der Waals surface area contributed by atoms with E-state index in [-0.39, 0.29) is 36.4 Å². The first-order valence-corrected chi connectivity index (χ1v) is 13.6. The average Bonchev–Trinajstić information content (AvgIpc) is 3.11. The molecule has 4 aliphatic carbocycles. The average molecular weight is 547 g/mol. The Morgan fingerprint density at radius 2 is 1.86 bits per heavy atom. The van der Waals surface area contributed by atoms with Gasteiger partial charge in [0.2, 0.25) is 0 Å². The molecule has 4 aliphatic rings. The van der Waals surface area contributed by atoms with E-state index in [0.29, 0.717) is 24.8 Å². The molecule has 8 heteroatoms. The van der Waals surface area contributed by atoms with Crippen molar-refractivity contribution in [1.29, 1.82) is 0 Å². The molecule has 0 saturated heterocycles. The SMILES string of the molecule is C[C@]12C=CC(=O)C=C1CC[C@H]1[C@@H]3C[C@@H](OCC(=O)c4ccccc4)[C@](O)(C(=O)CO)[C@@]3(C)C[C@H](Cl)[C@@]12Cl. The number of aliphatic hydroxyl groups excluding tert-OH is 1. The van der Waals surface area contributed by atoms with Crippen molar-refractivity contribution in [2.75, 3.05) is 13.2 Å². The summed E-state index contributed by atoms with van der Waals surface area (Å²) in [7, 11) is 0. The van der Waals surface area contributed by atoms with E-state index >= 15 is 0 Å². The predicted molar refractivity (Wildman–Crippen MR) is 140 cm³/mol. The zero-order valence-electron chi connectivity index (χ0n) is 21.0. The van der Waals surface area contributed by atoms with Crippen molar-refractivity contribution in [3.05, 3.63) is 59.7 Å². The minimum absolute atomic E-state index is 0.0710. The molecule has 0 bridgehead atoms. The maximum Gasteiger partial charge on any atom is 0.192 e. The minimum atomic E-state index is -2.04. The fraction of sp³-hybridized carbons (Fsp3) is 0.552. The number of hydrogen-bond donors (Lipinski definition) is 2. The van der Waals surface area contributed by atoms with E-state index < -0.39 is 45.2 Å². The molecule has 37 heavy (non-hydrogen) atoms. The third-order valence-corrected chi connectivity index (χ3v) is 11.4. The van der Waals surface area contributed by atoms with Gasteiger partial charge in [-0.15, -0.1) is 23.2 Å². The molecule has 2 N–H and O–H groups in total.